The molecule has 0 amide bonds. The highest BCUT2D eigenvalue weighted by Gasteiger charge is 2.01. The molecule has 0 aliphatic carbocycles. The molecule has 1 aromatic heterocycles. The van der Waals surface area contributed by atoms with Gasteiger partial charge in [0.15, 0.2) is 17.1 Å². The summed E-state index contributed by atoms with van der Waals surface area (Å²) in [4.78, 5) is 3.84. The molecule has 1 heterocycles. The van der Waals surface area contributed by atoms with Crippen LogP contribution in [0.5, 0.6) is 5.75 Å². The molecule has 0 saturated carbocycles. The van der Waals surface area contributed by atoms with Crippen LogP contribution in [0.3, 0.4) is 0 Å². The highest BCUT2D eigenvalue weighted by molar-refractivity contribution is 7.74. The zero-order valence-corrected chi connectivity index (χ0v) is 9.38. The molecule has 80 valence electrons. The zero-order valence-electron chi connectivity index (χ0n) is 7.81. The van der Waals surface area contributed by atoms with Crippen LogP contribution >= 0.6 is 11.6 Å². The first-order valence-corrected chi connectivity index (χ1v) is 5.49. The number of hydrogen-bond acceptors (Lipinski definition) is 6. The van der Waals surface area contributed by atoms with Crippen molar-refractivity contribution in [2.45, 2.75) is 5.75 Å². The van der Waals surface area contributed by atoms with Crippen molar-refractivity contribution < 1.29 is 8.95 Å². The minimum atomic E-state index is -1.56. The average Bonchev–Trinajstić information content (AvgIpc) is 2.21. The van der Waals surface area contributed by atoms with Gasteiger partial charge in [-0.2, -0.15) is 15.9 Å². The summed E-state index contributed by atoms with van der Waals surface area (Å²) in [6, 6.07) is 1.61. The number of nitrogens with zero attached hydrogens (tertiary/aromatic N) is 3. The van der Waals surface area contributed by atoms with E-state index < -0.39 is 10.6 Å². The van der Waals surface area contributed by atoms with Crippen molar-refractivity contribution in [3.63, 3.8) is 0 Å². The van der Waals surface area contributed by atoms with Gasteiger partial charge >= 0.3 is 0 Å². The first kappa shape index (κ1) is 11.8. The molecule has 0 atom stereocenters. The first-order chi connectivity index (χ1) is 7.17. The third-order valence-electron chi connectivity index (χ3n) is 1.52. The van der Waals surface area contributed by atoms with Crippen LogP contribution in [0.15, 0.2) is 16.6 Å². The molecule has 0 aliphatic rings. The van der Waals surface area contributed by atoms with Crippen molar-refractivity contribution >= 4 is 22.2 Å². The van der Waals surface area contributed by atoms with E-state index in [0.717, 1.165) is 0 Å². The van der Waals surface area contributed by atoms with Gasteiger partial charge in [0.25, 0.3) is 0 Å². The lowest BCUT2D eigenvalue weighted by molar-refractivity contribution is 0.412. The van der Waals surface area contributed by atoms with Crippen LogP contribution in [0.25, 0.3) is 0 Å². The van der Waals surface area contributed by atoms with E-state index in [-0.39, 0.29) is 10.9 Å². The van der Waals surface area contributed by atoms with E-state index in [9.17, 15) is 4.21 Å². The molecule has 0 bridgehead atoms. The first-order valence-electron chi connectivity index (χ1n) is 3.84. The van der Waals surface area contributed by atoms with Gasteiger partial charge in [0.05, 0.1) is 7.11 Å². The summed E-state index contributed by atoms with van der Waals surface area (Å²) in [6.45, 7) is 0. The van der Waals surface area contributed by atoms with E-state index in [1.165, 1.54) is 19.5 Å². The molecular weight excluding hydrogens is 238 g/mol. The van der Waals surface area contributed by atoms with Crippen molar-refractivity contribution in [1.29, 1.82) is 5.26 Å². The Kier molecular flexibility index (Phi) is 4.34. The van der Waals surface area contributed by atoms with E-state index in [2.05, 4.69) is 9.35 Å². The lowest BCUT2D eigenvalue weighted by Crippen LogP contribution is -1.92. The van der Waals surface area contributed by atoms with Crippen LogP contribution in [0.1, 0.15) is 5.56 Å². The zero-order chi connectivity index (χ0) is 11.3. The van der Waals surface area contributed by atoms with E-state index in [0.29, 0.717) is 11.3 Å². The number of aromatic nitrogens is 1. The fourth-order valence-electron chi connectivity index (χ4n) is 0.911. The maximum Gasteiger partial charge on any atom is 0.180 e. The summed E-state index contributed by atoms with van der Waals surface area (Å²) < 4.78 is 19.2. The Morgan fingerprint density at radius 1 is 1.80 bits per heavy atom. The highest BCUT2D eigenvalue weighted by Crippen LogP contribution is 2.22. The van der Waals surface area contributed by atoms with E-state index in [1.54, 1.807) is 6.07 Å². The largest absolute Gasteiger partial charge is 0.494 e. The summed E-state index contributed by atoms with van der Waals surface area (Å²) in [5.74, 6) is 0.525. The van der Waals surface area contributed by atoms with Crippen molar-refractivity contribution in [2.24, 2.45) is 4.36 Å². The number of hydrogen-bond donors (Lipinski definition) is 0. The van der Waals surface area contributed by atoms with Gasteiger partial charge in [-0.05, 0) is 11.6 Å². The quantitative estimate of drug-likeness (QED) is 0.462. The lowest BCUT2D eigenvalue weighted by atomic mass is 10.3. The molecule has 1 rings (SSSR count). The van der Waals surface area contributed by atoms with Gasteiger partial charge in [0.2, 0.25) is 0 Å². The van der Waals surface area contributed by atoms with Gasteiger partial charge in [-0.25, -0.2) is 4.98 Å². The van der Waals surface area contributed by atoms with E-state index >= 15 is 0 Å². The van der Waals surface area contributed by atoms with Gasteiger partial charge in [0.1, 0.15) is 0 Å². The third-order valence-corrected chi connectivity index (χ3v) is 2.67. The maximum atomic E-state index is 11.1. The Morgan fingerprint density at radius 3 is 3.13 bits per heavy atom. The van der Waals surface area contributed by atoms with Crippen LogP contribution in [0.2, 0.25) is 5.15 Å². The molecule has 0 N–H and O–H groups in total. The number of halogens is 1. The van der Waals surface area contributed by atoms with Crippen molar-refractivity contribution in [2.75, 3.05) is 7.11 Å². The average molecular weight is 245 g/mol. The third kappa shape index (κ3) is 3.38. The second-order valence-electron chi connectivity index (χ2n) is 2.49. The molecule has 0 fully saturated rings. The van der Waals surface area contributed by atoms with E-state index in [4.69, 9.17) is 21.6 Å². The number of rotatable bonds is 3. The Bertz CT molecular complexity index is 477. The molecule has 0 saturated heterocycles. The summed E-state index contributed by atoms with van der Waals surface area (Å²) in [5.41, 5.74) is 0.647. The summed E-state index contributed by atoms with van der Waals surface area (Å²) in [5, 5.41) is 8.43. The second-order valence-corrected chi connectivity index (χ2v) is 3.97. The minimum Gasteiger partial charge on any atom is -0.494 e. The molecular formula is C8H7ClN3O2S-. The normalized spacial score (nSPS) is 12.1. The number of ether oxygens (including phenoxy) is 1. The summed E-state index contributed by atoms with van der Waals surface area (Å²) in [7, 11) is -0.101. The second kappa shape index (κ2) is 5.53. The monoisotopic (exact) mass is 244 g/mol. The predicted molar refractivity (Wildman–Crippen MR) is 55.6 cm³/mol. The van der Waals surface area contributed by atoms with Crippen LogP contribution in [0.4, 0.5) is 0 Å². The number of pyridine rings is 1. The molecule has 0 spiro atoms. The summed E-state index contributed by atoms with van der Waals surface area (Å²) >= 11 is 5.71. The SMILES string of the molecule is COc1cc(C[S-](=O)=NC#N)cnc1Cl. The smallest absolute Gasteiger partial charge is 0.180 e. The molecule has 0 radical (unpaired) electrons. The van der Waals surface area contributed by atoms with Gasteiger partial charge in [-0.1, -0.05) is 17.4 Å². The van der Waals surface area contributed by atoms with Crippen molar-refractivity contribution in [3.8, 4) is 11.9 Å². The van der Waals surface area contributed by atoms with Crippen molar-refractivity contribution in [1.82, 2.24) is 4.98 Å². The Labute approximate surface area is 93.9 Å². The summed E-state index contributed by atoms with van der Waals surface area (Å²) in [6.07, 6.45) is 2.94. The maximum absolute atomic E-state index is 11.1. The van der Waals surface area contributed by atoms with Gasteiger partial charge in [-0.3, -0.25) is 4.36 Å². The molecule has 7 heteroatoms. The van der Waals surface area contributed by atoms with E-state index in [1.807, 2.05) is 0 Å². The van der Waals surface area contributed by atoms with Crippen molar-refractivity contribution in [3.05, 3.63) is 23.0 Å². The molecule has 5 nitrogen and oxygen atoms in total. The predicted octanol–water partition coefficient (Wildman–Crippen LogP) is 1.87. The molecule has 15 heavy (non-hydrogen) atoms. The van der Waals surface area contributed by atoms with Gasteiger partial charge in [-0.15, -0.1) is 0 Å². The lowest BCUT2D eigenvalue weighted by Gasteiger charge is -2.06. The fraction of sp³-hybridized carbons (Fsp3) is 0.250. The minimum absolute atomic E-state index is 0.119. The molecule has 1 aromatic rings. The van der Waals surface area contributed by atoms with Crippen LogP contribution < -0.4 is 4.74 Å². The van der Waals surface area contributed by atoms with Crippen LogP contribution in [0, 0.1) is 11.5 Å². The Balaban J connectivity index is 2.94. The van der Waals surface area contributed by atoms with Gasteiger partial charge < -0.3 is 8.95 Å². The Morgan fingerprint density at radius 2 is 2.53 bits per heavy atom. The Hall–Kier alpha value is -1.32. The number of methoxy groups -OCH3 is 1. The molecule has 0 aromatic carbocycles. The molecule has 0 aliphatic heterocycles. The fourth-order valence-corrected chi connectivity index (χ4v) is 1.69. The topological polar surface area (TPSA) is 75.3 Å². The van der Waals surface area contributed by atoms with Crippen LogP contribution in [-0.2, 0) is 20.6 Å². The molecule has 0 unspecified atom stereocenters. The van der Waals surface area contributed by atoms with Crippen LogP contribution in [-0.4, -0.2) is 12.1 Å². The standard InChI is InChI=1S/C8H7ClN3O2S/c1-14-7-2-6(3-11-8(7)9)4-15(13)12-5-10/h2-3H,4H2,1H3/q-1. The number of nitriles is 1. The highest BCUT2D eigenvalue weighted by atomic mass is 35.5. The van der Waals surface area contributed by atoms with Gasteiger partial charge in [0, 0.05) is 6.20 Å².